The van der Waals surface area contributed by atoms with Gasteiger partial charge in [0.05, 0.1) is 7.11 Å². The molecule has 0 fully saturated rings. The number of ether oxygens (including phenoxy) is 2. The third-order valence-corrected chi connectivity index (χ3v) is 4.17. The molecule has 0 bridgehead atoms. The number of aromatic nitrogens is 2. The monoisotopic (exact) mass is 421 g/mol. The van der Waals surface area contributed by atoms with Gasteiger partial charge in [-0.1, -0.05) is 18.2 Å². The molecule has 0 saturated heterocycles. The number of carbonyl (C=O) groups is 2. The van der Waals surface area contributed by atoms with Gasteiger partial charge in [-0.25, -0.2) is 0 Å². The molecule has 2 amide bonds. The number of carbonyl (C=O) groups excluding carboxylic acids is 2. The van der Waals surface area contributed by atoms with Crippen LogP contribution in [0.1, 0.15) is 10.5 Å². The van der Waals surface area contributed by atoms with Crippen molar-refractivity contribution in [1.29, 1.82) is 0 Å². The van der Waals surface area contributed by atoms with E-state index in [2.05, 4.69) is 20.8 Å². The van der Waals surface area contributed by atoms with E-state index in [1.54, 1.807) is 59.5 Å². The summed E-state index contributed by atoms with van der Waals surface area (Å²) < 4.78 is 10.7. The van der Waals surface area contributed by atoms with Crippen molar-refractivity contribution < 1.29 is 19.1 Å². The van der Waals surface area contributed by atoms with Gasteiger partial charge in [0, 0.05) is 25.5 Å². The molecule has 0 unspecified atom stereocenters. The van der Waals surface area contributed by atoms with E-state index in [-0.39, 0.29) is 18.2 Å². The number of rotatable bonds is 8. The van der Waals surface area contributed by atoms with Gasteiger partial charge in [-0.2, -0.15) is 0 Å². The first-order valence-corrected chi connectivity index (χ1v) is 9.44. The van der Waals surface area contributed by atoms with Gasteiger partial charge < -0.3 is 25.0 Å². The van der Waals surface area contributed by atoms with Crippen molar-refractivity contribution in [2.24, 2.45) is 0 Å². The maximum Gasteiger partial charge on any atom is 0.276 e. The maximum absolute atomic E-state index is 12.4. The minimum Gasteiger partial charge on any atom is -0.493 e. The van der Waals surface area contributed by atoms with Gasteiger partial charge in [-0.3, -0.25) is 9.59 Å². The topological polar surface area (TPSA) is 106 Å². The molecule has 160 valence electrons. The van der Waals surface area contributed by atoms with E-state index in [0.29, 0.717) is 28.7 Å². The van der Waals surface area contributed by atoms with E-state index in [1.165, 1.54) is 7.11 Å². The molecule has 0 aliphatic carbocycles. The smallest absolute Gasteiger partial charge is 0.276 e. The second-order valence-electron chi connectivity index (χ2n) is 6.69. The first kappa shape index (κ1) is 21.6. The van der Waals surface area contributed by atoms with E-state index < -0.39 is 5.91 Å². The minimum atomic E-state index is -0.402. The van der Waals surface area contributed by atoms with Crippen molar-refractivity contribution in [3.05, 3.63) is 66.4 Å². The highest BCUT2D eigenvalue weighted by molar-refractivity contribution is 6.03. The normalized spacial score (nSPS) is 10.2. The van der Waals surface area contributed by atoms with Crippen LogP contribution in [0, 0.1) is 0 Å². The molecule has 1 heterocycles. The Hall–Kier alpha value is -4.14. The molecule has 0 aliphatic heterocycles. The number of methoxy groups -OCH3 is 1. The van der Waals surface area contributed by atoms with Crippen molar-refractivity contribution >= 4 is 29.0 Å². The highest BCUT2D eigenvalue weighted by atomic mass is 16.5. The Morgan fingerprint density at radius 3 is 2.26 bits per heavy atom. The van der Waals surface area contributed by atoms with Crippen LogP contribution >= 0.6 is 0 Å². The summed E-state index contributed by atoms with van der Waals surface area (Å²) in [7, 11) is 5.21. The molecule has 0 aliphatic rings. The molecule has 2 N–H and O–H groups in total. The Morgan fingerprint density at radius 2 is 1.61 bits per heavy atom. The summed E-state index contributed by atoms with van der Waals surface area (Å²) in [6.07, 6.45) is 0. The van der Waals surface area contributed by atoms with Crippen LogP contribution in [-0.2, 0) is 4.79 Å². The molecule has 3 aromatic rings. The quantitative estimate of drug-likeness (QED) is 0.576. The second kappa shape index (κ2) is 10.1. The number of amides is 2. The van der Waals surface area contributed by atoms with E-state index in [0.717, 1.165) is 0 Å². The lowest BCUT2D eigenvalue weighted by molar-refractivity contribution is -0.118. The van der Waals surface area contributed by atoms with Crippen molar-refractivity contribution in [1.82, 2.24) is 10.2 Å². The van der Waals surface area contributed by atoms with Crippen molar-refractivity contribution in [2.45, 2.75) is 0 Å². The van der Waals surface area contributed by atoms with Crippen LogP contribution in [0.25, 0.3) is 0 Å². The van der Waals surface area contributed by atoms with Crippen LogP contribution in [0.4, 0.5) is 17.2 Å². The van der Waals surface area contributed by atoms with E-state index >= 15 is 0 Å². The molecule has 9 heteroatoms. The van der Waals surface area contributed by atoms with Crippen LogP contribution in [0.5, 0.6) is 11.5 Å². The number of anilines is 3. The van der Waals surface area contributed by atoms with Crippen LogP contribution in [-0.4, -0.2) is 49.8 Å². The summed E-state index contributed by atoms with van der Waals surface area (Å²) >= 11 is 0. The van der Waals surface area contributed by atoms with Gasteiger partial charge in [0.15, 0.2) is 29.6 Å². The Labute approximate surface area is 180 Å². The number of nitrogens with one attached hydrogen (secondary N) is 2. The predicted octanol–water partition coefficient (Wildman–Crippen LogP) is 2.82. The molecule has 3 rings (SSSR count). The number of hydrogen-bond donors (Lipinski definition) is 2. The number of hydrogen-bond acceptors (Lipinski definition) is 7. The molecular formula is C22H23N5O4. The van der Waals surface area contributed by atoms with Crippen molar-refractivity contribution in [3.8, 4) is 11.5 Å². The van der Waals surface area contributed by atoms with Crippen molar-refractivity contribution in [2.75, 3.05) is 43.3 Å². The van der Waals surface area contributed by atoms with Gasteiger partial charge in [-0.05, 0) is 42.5 Å². The third kappa shape index (κ3) is 5.92. The standard InChI is InChI=1S/C22H23N5O4/c1-27(2)20-12-11-17(25-26-20)22(29)24-16-8-6-7-15(13-16)23-21(28)14-31-19-10-5-4-9-18(19)30-3/h4-13H,14H2,1-3H3,(H,23,28)(H,24,29). The number of para-hydroxylation sites is 2. The molecule has 0 atom stereocenters. The Morgan fingerprint density at radius 1 is 0.903 bits per heavy atom. The number of nitrogens with zero attached hydrogens (tertiary/aromatic N) is 3. The van der Waals surface area contributed by atoms with Gasteiger partial charge in [-0.15, -0.1) is 10.2 Å². The van der Waals surface area contributed by atoms with E-state index in [9.17, 15) is 9.59 Å². The highest BCUT2D eigenvalue weighted by Crippen LogP contribution is 2.25. The zero-order valence-corrected chi connectivity index (χ0v) is 17.5. The van der Waals surface area contributed by atoms with Crippen LogP contribution in [0.2, 0.25) is 0 Å². The summed E-state index contributed by atoms with van der Waals surface area (Å²) in [4.78, 5) is 26.4. The summed E-state index contributed by atoms with van der Waals surface area (Å²) in [6.45, 7) is -0.190. The minimum absolute atomic E-state index is 0.185. The van der Waals surface area contributed by atoms with Gasteiger partial charge in [0.1, 0.15) is 0 Å². The first-order chi connectivity index (χ1) is 15.0. The molecule has 0 saturated carbocycles. The van der Waals surface area contributed by atoms with Crippen LogP contribution in [0.15, 0.2) is 60.7 Å². The zero-order chi connectivity index (χ0) is 22.2. The summed E-state index contributed by atoms with van der Waals surface area (Å²) in [5, 5.41) is 13.4. The third-order valence-electron chi connectivity index (χ3n) is 4.17. The maximum atomic E-state index is 12.4. The number of benzene rings is 2. The lowest BCUT2D eigenvalue weighted by atomic mass is 10.2. The Bertz CT molecular complexity index is 1050. The molecule has 31 heavy (non-hydrogen) atoms. The molecule has 2 aromatic carbocycles. The largest absolute Gasteiger partial charge is 0.493 e. The Balaban J connectivity index is 1.58. The second-order valence-corrected chi connectivity index (χ2v) is 6.69. The first-order valence-electron chi connectivity index (χ1n) is 9.44. The summed E-state index contributed by atoms with van der Waals surface area (Å²) in [5.41, 5.74) is 1.21. The fourth-order valence-corrected chi connectivity index (χ4v) is 2.63. The van der Waals surface area contributed by atoms with E-state index in [1.807, 2.05) is 20.2 Å². The van der Waals surface area contributed by atoms with Crippen LogP contribution in [0.3, 0.4) is 0 Å². The molecule has 0 spiro atoms. The molecule has 9 nitrogen and oxygen atoms in total. The highest BCUT2D eigenvalue weighted by Gasteiger charge is 2.11. The molecular weight excluding hydrogens is 398 g/mol. The average Bonchev–Trinajstić information content (AvgIpc) is 2.78. The van der Waals surface area contributed by atoms with Gasteiger partial charge in [0.2, 0.25) is 0 Å². The summed E-state index contributed by atoms with van der Waals surface area (Å²) in [6, 6.07) is 17.2. The summed E-state index contributed by atoms with van der Waals surface area (Å²) in [5.74, 6) is 0.918. The Kier molecular flexibility index (Phi) is 7.00. The molecule has 0 radical (unpaired) electrons. The van der Waals surface area contributed by atoms with Crippen LogP contribution < -0.4 is 25.0 Å². The molecule has 1 aromatic heterocycles. The van der Waals surface area contributed by atoms with Gasteiger partial charge >= 0.3 is 0 Å². The SMILES string of the molecule is COc1ccccc1OCC(=O)Nc1cccc(NC(=O)c2ccc(N(C)C)nn2)c1. The average molecular weight is 421 g/mol. The van der Waals surface area contributed by atoms with E-state index in [4.69, 9.17) is 9.47 Å². The lowest BCUT2D eigenvalue weighted by Gasteiger charge is -2.12. The predicted molar refractivity (Wildman–Crippen MR) is 118 cm³/mol. The van der Waals surface area contributed by atoms with Gasteiger partial charge in [0.25, 0.3) is 11.8 Å². The lowest BCUT2D eigenvalue weighted by Crippen LogP contribution is -2.20. The fourth-order valence-electron chi connectivity index (χ4n) is 2.63. The zero-order valence-electron chi connectivity index (χ0n) is 17.5. The fraction of sp³-hybridized carbons (Fsp3) is 0.182. The van der Waals surface area contributed by atoms with Crippen molar-refractivity contribution in [3.63, 3.8) is 0 Å².